The SMILES string of the molecule is COC(=O)[C@H](Cc1ccc(-c2cc(F)cc(F)c2)o1)NC(CC(C)C)C(=O)OCc1ccccc1. The molecule has 0 bridgehead atoms. The molecule has 0 spiro atoms. The van der Waals surface area contributed by atoms with Crippen LogP contribution >= 0.6 is 0 Å². The molecule has 0 radical (unpaired) electrons. The molecule has 186 valence electrons. The van der Waals surface area contributed by atoms with Gasteiger partial charge in [0.25, 0.3) is 0 Å². The summed E-state index contributed by atoms with van der Waals surface area (Å²) in [5, 5.41) is 3.06. The fourth-order valence-electron chi connectivity index (χ4n) is 3.67. The lowest BCUT2D eigenvalue weighted by Crippen LogP contribution is -2.49. The monoisotopic (exact) mass is 485 g/mol. The van der Waals surface area contributed by atoms with E-state index >= 15 is 0 Å². The van der Waals surface area contributed by atoms with Gasteiger partial charge in [0.1, 0.15) is 41.8 Å². The Kier molecular flexibility index (Phi) is 9.14. The van der Waals surface area contributed by atoms with Crippen LogP contribution in [0.25, 0.3) is 11.3 Å². The van der Waals surface area contributed by atoms with Gasteiger partial charge in [0.15, 0.2) is 0 Å². The van der Waals surface area contributed by atoms with Crippen LogP contribution < -0.4 is 5.32 Å². The lowest BCUT2D eigenvalue weighted by Gasteiger charge is -2.24. The van der Waals surface area contributed by atoms with E-state index in [1.807, 2.05) is 44.2 Å². The third-order valence-electron chi connectivity index (χ3n) is 5.32. The maximum absolute atomic E-state index is 13.6. The van der Waals surface area contributed by atoms with E-state index in [1.165, 1.54) is 7.11 Å². The van der Waals surface area contributed by atoms with Gasteiger partial charge in [0, 0.05) is 18.1 Å². The fourth-order valence-corrected chi connectivity index (χ4v) is 3.67. The molecular formula is C27H29F2NO5. The number of hydrogen-bond acceptors (Lipinski definition) is 6. The Hall–Kier alpha value is -3.52. The Labute approximate surface area is 203 Å². The number of furan rings is 1. The van der Waals surface area contributed by atoms with Crippen molar-refractivity contribution in [2.45, 2.75) is 45.4 Å². The average molecular weight is 486 g/mol. The van der Waals surface area contributed by atoms with Crippen LogP contribution in [0, 0.1) is 17.6 Å². The first-order chi connectivity index (χ1) is 16.7. The molecule has 0 aliphatic rings. The number of methoxy groups -OCH3 is 1. The molecule has 1 aromatic heterocycles. The third kappa shape index (κ3) is 7.75. The quantitative estimate of drug-likeness (QED) is 0.383. The van der Waals surface area contributed by atoms with Crippen LogP contribution in [-0.4, -0.2) is 31.1 Å². The van der Waals surface area contributed by atoms with Gasteiger partial charge in [-0.15, -0.1) is 0 Å². The minimum absolute atomic E-state index is 0.0605. The highest BCUT2D eigenvalue weighted by atomic mass is 19.1. The van der Waals surface area contributed by atoms with Crippen LogP contribution in [0.4, 0.5) is 8.78 Å². The first kappa shape index (κ1) is 26.1. The van der Waals surface area contributed by atoms with Crippen LogP contribution in [-0.2, 0) is 32.1 Å². The molecular weight excluding hydrogens is 456 g/mol. The number of esters is 2. The van der Waals surface area contributed by atoms with E-state index in [0.717, 1.165) is 23.8 Å². The molecule has 1 heterocycles. The molecule has 1 unspecified atom stereocenters. The van der Waals surface area contributed by atoms with Crippen LogP contribution in [0.3, 0.4) is 0 Å². The second-order valence-electron chi connectivity index (χ2n) is 8.65. The lowest BCUT2D eigenvalue weighted by molar-refractivity contribution is -0.149. The second kappa shape index (κ2) is 12.3. The molecule has 6 nitrogen and oxygen atoms in total. The number of benzene rings is 2. The van der Waals surface area contributed by atoms with Gasteiger partial charge in [-0.05, 0) is 42.2 Å². The van der Waals surface area contributed by atoms with Crippen molar-refractivity contribution in [1.29, 1.82) is 0 Å². The standard InChI is InChI=1S/C27H29F2NO5/c1-17(2)11-23(27(32)34-16-18-7-5-4-6-8-18)30-24(26(31)33-3)15-22-9-10-25(35-22)19-12-20(28)14-21(29)13-19/h4-10,12-14,17,23-24,30H,11,15-16H2,1-3H3/t23?,24-/m0/s1. The van der Waals surface area contributed by atoms with E-state index < -0.39 is 35.7 Å². The Bertz CT molecular complexity index is 1110. The number of ether oxygens (including phenoxy) is 2. The van der Waals surface area contributed by atoms with Gasteiger partial charge in [0.2, 0.25) is 0 Å². The van der Waals surface area contributed by atoms with Crippen molar-refractivity contribution in [2.24, 2.45) is 5.92 Å². The molecule has 3 aromatic rings. The third-order valence-corrected chi connectivity index (χ3v) is 5.32. The Balaban J connectivity index is 1.73. The summed E-state index contributed by atoms with van der Waals surface area (Å²) in [6.07, 6.45) is 0.498. The zero-order valence-electron chi connectivity index (χ0n) is 19.9. The second-order valence-corrected chi connectivity index (χ2v) is 8.65. The topological polar surface area (TPSA) is 77.8 Å². The van der Waals surface area contributed by atoms with E-state index in [9.17, 15) is 18.4 Å². The van der Waals surface area contributed by atoms with Crippen LogP contribution in [0.15, 0.2) is 65.1 Å². The summed E-state index contributed by atoms with van der Waals surface area (Å²) in [7, 11) is 1.26. The average Bonchev–Trinajstić information content (AvgIpc) is 3.29. The zero-order chi connectivity index (χ0) is 25.4. The summed E-state index contributed by atoms with van der Waals surface area (Å²) in [6.45, 7) is 4.04. The van der Waals surface area contributed by atoms with Gasteiger partial charge >= 0.3 is 11.9 Å². The van der Waals surface area contributed by atoms with Crippen molar-refractivity contribution in [3.05, 3.63) is 83.6 Å². The molecule has 2 aromatic carbocycles. The predicted octanol–water partition coefficient (Wildman–Crippen LogP) is 5.06. The first-order valence-electron chi connectivity index (χ1n) is 11.3. The summed E-state index contributed by atoms with van der Waals surface area (Å²) >= 11 is 0. The van der Waals surface area contributed by atoms with Crippen LogP contribution in [0.2, 0.25) is 0 Å². The van der Waals surface area contributed by atoms with Gasteiger partial charge in [-0.1, -0.05) is 44.2 Å². The van der Waals surface area contributed by atoms with E-state index in [1.54, 1.807) is 12.1 Å². The number of carbonyl (C=O) groups excluding carboxylic acids is 2. The van der Waals surface area contributed by atoms with Crippen molar-refractivity contribution < 1.29 is 32.3 Å². The van der Waals surface area contributed by atoms with E-state index in [2.05, 4.69) is 5.32 Å². The van der Waals surface area contributed by atoms with Crippen molar-refractivity contribution in [3.63, 3.8) is 0 Å². The number of carbonyl (C=O) groups is 2. The molecule has 0 aliphatic carbocycles. The van der Waals surface area contributed by atoms with E-state index in [4.69, 9.17) is 13.9 Å². The summed E-state index contributed by atoms with van der Waals surface area (Å²) in [5.74, 6) is -1.73. The highest BCUT2D eigenvalue weighted by molar-refractivity contribution is 5.80. The van der Waals surface area contributed by atoms with Crippen molar-refractivity contribution in [2.75, 3.05) is 7.11 Å². The molecule has 35 heavy (non-hydrogen) atoms. The summed E-state index contributed by atoms with van der Waals surface area (Å²) < 4.78 is 43.3. The summed E-state index contributed by atoms with van der Waals surface area (Å²) in [6, 6.07) is 13.9. The van der Waals surface area contributed by atoms with Gasteiger partial charge in [0.05, 0.1) is 7.11 Å². The molecule has 3 rings (SSSR count). The number of halogens is 2. The smallest absolute Gasteiger partial charge is 0.323 e. The normalized spacial score (nSPS) is 12.9. The maximum atomic E-state index is 13.6. The lowest BCUT2D eigenvalue weighted by atomic mass is 10.0. The van der Waals surface area contributed by atoms with Gasteiger partial charge in [-0.3, -0.25) is 14.9 Å². The molecule has 0 aliphatic heterocycles. The fraction of sp³-hybridized carbons (Fsp3) is 0.333. The van der Waals surface area contributed by atoms with Gasteiger partial charge < -0.3 is 13.9 Å². The molecule has 0 saturated heterocycles. The van der Waals surface area contributed by atoms with Crippen molar-refractivity contribution >= 4 is 11.9 Å². The number of nitrogens with one attached hydrogen (secondary N) is 1. The maximum Gasteiger partial charge on any atom is 0.323 e. The highest BCUT2D eigenvalue weighted by Crippen LogP contribution is 2.25. The van der Waals surface area contributed by atoms with Crippen molar-refractivity contribution in [1.82, 2.24) is 5.32 Å². The van der Waals surface area contributed by atoms with Gasteiger partial charge in [-0.2, -0.15) is 0 Å². The predicted molar refractivity (Wildman–Crippen MR) is 126 cm³/mol. The number of rotatable bonds is 11. The number of hydrogen-bond donors (Lipinski definition) is 1. The Morgan fingerprint density at radius 2 is 1.63 bits per heavy atom. The van der Waals surface area contributed by atoms with Crippen molar-refractivity contribution in [3.8, 4) is 11.3 Å². The molecule has 0 fully saturated rings. The summed E-state index contributed by atoms with van der Waals surface area (Å²) in [5.41, 5.74) is 1.09. The molecule has 1 N–H and O–H groups in total. The van der Waals surface area contributed by atoms with Crippen LogP contribution in [0.1, 0.15) is 31.6 Å². The Morgan fingerprint density at radius 1 is 0.943 bits per heavy atom. The molecule has 0 amide bonds. The van der Waals surface area contributed by atoms with E-state index in [-0.39, 0.29) is 30.3 Å². The molecule has 2 atom stereocenters. The molecule has 8 heteroatoms. The van der Waals surface area contributed by atoms with Gasteiger partial charge in [-0.25, -0.2) is 8.78 Å². The Morgan fingerprint density at radius 3 is 2.26 bits per heavy atom. The minimum Gasteiger partial charge on any atom is -0.468 e. The van der Waals surface area contributed by atoms with E-state index in [0.29, 0.717) is 12.2 Å². The zero-order valence-corrected chi connectivity index (χ0v) is 19.9. The largest absolute Gasteiger partial charge is 0.468 e. The van der Waals surface area contributed by atoms with Crippen LogP contribution in [0.5, 0.6) is 0 Å². The highest BCUT2D eigenvalue weighted by Gasteiger charge is 2.30. The molecule has 0 saturated carbocycles. The first-order valence-corrected chi connectivity index (χ1v) is 11.3. The minimum atomic E-state index is -0.906. The summed E-state index contributed by atoms with van der Waals surface area (Å²) in [4.78, 5) is 25.4.